The average molecular weight is 555 g/mol. The van der Waals surface area contributed by atoms with Crippen molar-refractivity contribution in [1.82, 2.24) is 14.7 Å². The predicted octanol–water partition coefficient (Wildman–Crippen LogP) is 4.78. The number of ether oxygens (including phenoxy) is 1. The van der Waals surface area contributed by atoms with Gasteiger partial charge in [0.25, 0.3) is 0 Å². The zero-order valence-electron chi connectivity index (χ0n) is 22.5. The second kappa shape index (κ2) is 10.7. The first-order chi connectivity index (χ1) is 18.5. The monoisotopic (exact) mass is 554 g/mol. The van der Waals surface area contributed by atoms with Crippen LogP contribution in [-0.4, -0.2) is 65.1 Å². The van der Waals surface area contributed by atoms with E-state index in [-0.39, 0.29) is 29.7 Å². The Balaban J connectivity index is 1.74. The van der Waals surface area contributed by atoms with Crippen molar-refractivity contribution in [3.8, 4) is 5.69 Å². The maximum atomic E-state index is 15.3. The lowest BCUT2D eigenvalue weighted by Crippen LogP contribution is -2.48. The molecule has 39 heavy (non-hydrogen) atoms. The summed E-state index contributed by atoms with van der Waals surface area (Å²) in [6.07, 6.45) is 0. The van der Waals surface area contributed by atoms with Crippen LogP contribution in [-0.2, 0) is 19.7 Å². The molecule has 5 rings (SSSR count). The van der Waals surface area contributed by atoms with Gasteiger partial charge in [0.15, 0.2) is 0 Å². The number of carbonyl (C=O) groups is 2. The SMILES string of the molecule is Cc1ccc(-n2nc(C(C)(C)C)c3c2N(CC(=O)N2CCOCC2)C(=O)CSC3c2ccc(F)cc2F)cc1. The van der Waals surface area contributed by atoms with Crippen molar-refractivity contribution >= 4 is 29.4 Å². The molecule has 2 aromatic carbocycles. The first kappa shape index (κ1) is 27.3. The summed E-state index contributed by atoms with van der Waals surface area (Å²) in [5, 5.41) is 4.36. The smallest absolute Gasteiger partial charge is 0.242 e. The Bertz CT molecular complexity index is 1390. The van der Waals surface area contributed by atoms with E-state index in [1.807, 2.05) is 52.0 Å². The Morgan fingerprint density at radius 2 is 1.79 bits per heavy atom. The molecular weight excluding hydrogens is 522 g/mol. The van der Waals surface area contributed by atoms with Crippen LogP contribution in [0.25, 0.3) is 5.69 Å². The lowest BCUT2D eigenvalue weighted by atomic mass is 9.87. The zero-order valence-corrected chi connectivity index (χ0v) is 23.4. The third-order valence-corrected chi connectivity index (χ3v) is 8.22. The molecular formula is C29H32F2N4O3S. The summed E-state index contributed by atoms with van der Waals surface area (Å²) >= 11 is 1.26. The number of amides is 2. The number of fused-ring (bicyclic) bond motifs is 1. The molecule has 0 radical (unpaired) electrons. The van der Waals surface area contributed by atoms with Gasteiger partial charge in [-0.1, -0.05) is 44.5 Å². The van der Waals surface area contributed by atoms with Crippen molar-refractivity contribution in [1.29, 1.82) is 0 Å². The molecule has 0 aliphatic carbocycles. The van der Waals surface area contributed by atoms with Gasteiger partial charge in [-0.15, -0.1) is 11.8 Å². The maximum Gasteiger partial charge on any atom is 0.242 e. The summed E-state index contributed by atoms with van der Waals surface area (Å²) in [4.78, 5) is 30.3. The molecule has 206 valence electrons. The van der Waals surface area contributed by atoms with Gasteiger partial charge in [0.2, 0.25) is 11.8 Å². The topological polar surface area (TPSA) is 67.7 Å². The van der Waals surface area contributed by atoms with Crippen molar-refractivity contribution in [3.05, 3.63) is 76.5 Å². The van der Waals surface area contributed by atoms with E-state index in [0.717, 1.165) is 11.6 Å². The standard InChI is InChI=1S/C29H32F2N4O3S/c1-18-5-8-20(9-6-18)35-28-25(27(32-35)29(2,3)4)26(21-10-7-19(30)15-22(21)31)39-17-24(37)34(28)16-23(36)33-11-13-38-14-12-33/h5-10,15,26H,11-14,16-17H2,1-4H3. The van der Waals surface area contributed by atoms with E-state index in [1.54, 1.807) is 9.58 Å². The van der Waals surface area contributed by atoms with Gasteiger partial charge >= 0.3 is 0 Å². The third-order valence-electron chi connectivity index (χ3n) is 6.98. The van der Waals surface area contributed by atoms with Crippen molar-refractivity contribution in [2.45, 2.75) is 38.4 Å². The average Bonchev–Trinajstić information content (AvgIpc) is 3.24. The van der Waals surface area contributed by atoms with E-state index < -0.39 is 22.3 Å². The highest BCUT2D eigenvalue weighted by Crippen LogP contribution is 2.49. The number of rotatable bonds is 4. The number of hydrogen-bond donors (Lipinski definition) is 0. The molecule has 1 fully saturated rings. The Labute approximate surface area is 231 Å². The number of aromatic nitrogens is 2. The summed E-state index contributed by atoms with van der Waals surface area (Å²) in [5.74, 6) is -1.37. The second-order valence-corrected chi connectivity index (χ2v) is 12.0. The maximum absolute atomic E-state index is 15.3. The van der Waals surface area contributed by atoms with Crippen LogP contribution in [0, 0.1) is 18.6 Å². The van der Waals surface area contributed by atoms with Gasteiger partial charge < -0.3 is 9.64 Å². The van der Waals surface area contributed by atoms with Crippen LogP contribution in [0.4, 0.5) is 14.6 Å². The number of benzene rings is 2. The fourth-order valence-corrected chi connectivity index (χ4v) is 6.17. The molecule has 2 amide bonds. The number of morpholine rings is 1. The van der Waals surface area contributed by atoms with Gasteiger partial charge in [-0.05, 0) is 25.1 Å². The number of nitrogens with zero attached hydrogens (tertiary/aromatic N) is 4. The van der Waals surface area contributed by atoms with E-state index in [9.17, 15) is 14.0 Å². The minimum atomic E-state index is -0.688. The highest BCUT2D eigenvalue weighted by atomic mass is 32.2. The molecule has 10 heteroatoms. The van der Waals surface area contributed by atoms with E-state index in [2.05, 4.69) is 0 Å². The minimum absolute atomic E-state index is 0.0179. The van der Waals surface area contributed by atoms with Crippen LogP contribution in [0.1, 0.15) is 48.4 Å². The van der Waals surface area contributed by atoms with Crippen molar-refractivity contribution < 1.29 is 23.1 Å². The molecule has 3 heterocycles. The van der Waals surface area contributed by atoms with Gasteiger partial charge in [0.1, 0.15) is 24.0 Å². The van der Waals surface area contributed by atoms with E-state index in [0.29, 0.717) is 49.1 Å². The van der Waals surface area contributed by atoms with Crippen molar-refractivity contribution in [2.75, 3.05) is 43.5 Å². The molecule has 2 aliphatic heterocycles. The van der Waals surface area contributed by atoms with Crippen LogP contribution in [0.5, 0.6) is 0 Å². The summed E-state index contributed by atoms with van der Waals surface area (Å²) < 4.78 is 36.2. The van der Waals surface area contributed by atoms with E-state index in [1.165, 1.54) is 28.8 Å². The quantitative estimate of drug-likeness (QED) is 0.464. The molecule has 1 aromatic heterocycles. The summed E-state index contributed by atoms with van der Waals surface area (Å²) in [6.45, 7) is 9.63. The minimum Gasteiger partial charge on any atom is -0.378 e. The van der Waals surface area contributed by atoms with Crippen LogP contribution < -0.4 is 4.90 Å². The Hall–Kier alpha value is -3.24. The first-order valence-electron chi connectivity index (χ1n) is 13.0. The van der Waals surface area contributed by atoms with Gasteiger partial charge in [-0.2, -0.15) is 5.10 Å². The van der Waals surface area contributed by atoms with Crippen LogP contribution in [0.2, 0.25) is 0 Å². The largest absolute Gasteiger partial charge is 0.378 e. The normalized spacial score (nSPS) is 18.2. The number of hydrogen-bond acceptors (Lipinski definition) is 5. The fourth-order valence-electron chi connectivity index (χ4n) is 4.95. The third kappa shape index (κ3) is 5.45. The highest BCUT2D eigenvalue weighted by Gasteiger charge is 2.41. The Kier molecular flexibility index (Phi) is 7.52. The number of aryl methyl sites for hydroxylation is 1. The summed E-state index contributed by atoms with van der Waals surface area (Å²) in [5.41, 5.74) is 2.89. The molecule has 0 N–H and O–H groups in total. The number of anilines is 1. The van der Waals surface area contributed by atoms with Crippen LogP contribution in [0.15, 0.2) is 42.5 Å². The van der Waals surface area contributed by atoms with Crippen molar-refractivity contribution in [3.63, 3.8) is 0 Å². The van der Waals surface area contributed by atoms with Gasteiger partial charge in [0, 0.05) is 35.7 Å². The van der Waals surface area contributed by atoms with E-state index >= 15 is 4.39 Å². The van der Waals surface area contributed by atoms with Crippen molar-refractivity contribution in [2.24, 2.45) is 0 Å². The number of halogens is 2. The highest BCUT2D eigenvalue weighted by molar-refractivity contribution is 8.00. The molecule has 0 spiro atoms. The zero-order chi connectivity index (χ0) is 27.9. The number of carbonyl (C=O) groups excluding carboxylic acids is 2. The van der Waals surface area contributed by atoms with Crippen LogP contribution in [0.3, 0.4) is 0 Å². The Morgan fingerprint density at radius 1 is 1.10 bits per heavy atom. The van der Waals surface area contributed by atoms with Gasteiger partial charge in [0.05, 0.1) is 35.6 Å². The lowest BCUT2D eigenvalue weighted by Gasteiger charge is -2.30. The molecule has 3 aromatic rings. The second-order valence-electron chi connectivity index (χ2n) is 10.9. The molecule has 0 bridgehead atoms. The van der Waals surface area contributed by atoms with Crippen LogP contribution >= 0.6 is 11.8 Å². The fraction of sp³-hybridized carbons (Fsp3) is 0.414. The van der Waals surface area contributed by atoms with Gasteiger partial charge in [-0.25, -0.2) is 13.5 Å². The van der Waals surface area contributed by atoms with E-state index in [4.69, 9.17) is 9.84 Å². The summed E-state index contributed by atoms with van der Waals surface area (Å²) in [6, 6.07) is 11.2. The predicted molar refractivity (Wildman–Crippen MR) is 147 cm³/mol. The molecule has 1 saturated heterocycles. The lowest BCUT2D eigenvalue weighted by molar-refractivity contribution is -0.134. The number of thioether (sulfide) groups is 1. The Morgan fingerprint density at radius 3 is 2.44 bits per heavy atom. The molecule has 1 unspecified atom stereocenters. The molecule has 1 atom stereocenters. The molecule has 7 nitrogen and oxygen atoms in total. The summed E-state index contributed by atoms with van der Waals surface area (Å²) in [7, 11) is 0. The van der Waals surface area contributed by atoms with Gasteiger partial charge in [-0.3, -0.25) is 14.5 Å². The first-order valence-corrected chi connectivity index (χ1v) is 14.0. The molecule has 0 saturated carbocycles. The molecule has 2 aliphatic rings.